The van der Waals surface area contributed by atoms with Crippen molar-refractivity contribution in [3.63, 3.8) is 0 Å². The van der Waals surface area contributed by atoms with Gasteiger partial charge >= 0.3 is 5.97 Å². The molecule has 0 saturated carbocycles. The lowest BCUT2D eigenvalue weighted by Crippen LogP contribution is -2.21. The number of rotatable bonds is 5. The second-order valence-corrected chi connectivity index (χ2v) is 6.81. The normalized spacial score (nSPS) is 11.1. The summed E-state index contributed by atoms with van der Waals surface area (Å²) < 4.78 is 9.80. The van der Waals surface area contributed by atoms with Gasteiger partial charge in [0.15, 0.2) is 6.61 Å². The summed E-state index contributed by atoms with van der Waals surface area (Å²) >= 11 is 5.68. The predicted octanol–water partition coefficient (Wildman–Crippen LogP) is 3.33. The molecule has 2 aromatic rings. The molecule has 138 valence electrons. The van der Waals surface area contributed by atoms with Crippen LogP contribution in [-0.4, -0.2) is 28.6 Å². The van der Waals surface area contributed by atoms with Crippen LogP contribution in [0.25, 0.3) is 0 Å². The molecule has 2 rings (SSSR count). The third kappa shape index (κ3) is 4.79. The highest BCUT2D eigenvalue weighted by Gasteiger charge is 2.23. The van der Waals surface area contributed by atoms with Gasteiger partial charge in [-0.05, 0) is 12.1 Å². The number of amides is 1. The number of carbonyl (C=O) groups excluding carboxylic acids is 2. The number of esters is 1. The van der Waals surface area contributed by atoms with Crippen molar-refractivity contribution in [3.05, 3.63) is 50.7 Å². The first kappa shape index (κ1) is 19.4. The third-order valence-corrected chi connectivity index (χ3v) is 3.49. The molecule has 0 spiro atoms. The zero-order valence-electron chi connectivity index (χ0n) is 14.2. The summed E-state index contributed by atoms with van der Waals surface area (Å²) in [6, 6.07) is 5.06. The average Bonchev–Trinajstić information content (AvgIpc) is 3.01. The van der Waals surface area contributed by atoms with Crippen molar-refractivity contribution in [2.45, 2.75) is 26.2 Å². The number of ether oxygens (including phenoxy) is 1. The molecule has 0 aliphatic heterocycles. The van der Waals surface area contributed by atoms with E-state index < -0.39 is 29.1 Å². The highest BCUT2D eigenvalue weighted by atomic mass is 35.5. The number of hydrogen-bond acceptors (Lipinski definition) is 7. The molecule has 1 aromatic heterocycles. The van der Waals surface area contributed by atoms with E-state index in [0.29, 0.717) is 5.69 Å². The fourth-order valence-corrected chi connectivity index (χ4v) is 2.06. The number of nitrogens with one attached hydrogen (secondary N) is 1. The van der Waals surface area contributed by atoms with Gasteiger partial charge in [0.25, 0.3) is 11.6 Å². The quantitative estimate of drug-likeness (QED) is 0.478. The van der Waals surface area contributed by atoms with Crippen molar-refractivity contribution in [2.75, 3.05) is 11.9 Å². The third-order valence-electron chi connectivity index (χ3n) is 3.25. The summed E-state index contributed by atoms with van der Waals surface area (Å²) in [5.74, 6) is -1.59. The maximum Gasteiger partial charge on any atom is 0.345 e. The van der Waals surface area contributed by atoms with E-state index in [9.17, 15) is 19.7 Å². The zero-order chi connectivity index (χ0) is 19.5. The van der Waals surface area contributed by atoms with Gasteiger partial charge in [-0.3, -0.25) is 20.2 Å². The van der Waals surface area contributed by atoms with Crippen LogP contribution < -0.4 is 5.32 Å². The summed E-state index contributed by atoms with van der Waals surface area (Å²) in [4.78, 5) is 34.1. The van der Waals surface area contributed by atoms with Gasteiger partial charge in [-0.2, -0.15) is 0 Å². The van der Waals surface area contributed by atoms with E-state index >= 15 is 0 Å². The van der Waals surface area contributed by atoms with Crippen LogP contribution in [0, 0.1) is 10.1 Å². The molecule has 0 fully saturated rings. The second kappa shape index (κ2) is 7.52. The van der Waals surface area contributed by atoms with Crippen LogP contribution in [0.3, 0.4) is 0 Å². The lowest BCUT2D eigenvalue weighted by atomic mass is 9.92. The second-order valence-electron chi connectivity index (χ2n) is 6.37. The van der Waals surface area contributed by atoms with E-state index in [4.69, 9.17) is 20.9 Å². The van der Waals surface area contributed by atoms with Crippen molar-refractivity contribution < 1.29 is 23.8 Å². The smallest absolute Gasteiger partial charge is 0.345 e. The number of aromatic nitrogens is 1. The van der Waals surface area contributed by atoms with Gasteiger partial charge in [-0.1, -0.05) is 37.5 Å². The molecule has 1 N–H and O–H groups in total. The minimum Gasteiger partial charge on any atom is -0.452 e. The topological polar surface area (TPSA) is 125 Å². The molecule has 10 heteroatoms. The van der Waals surface area contributed by atoms with E-state index in [1.54, 1.807) is 6.07 Å². The number of nitrogens with zero attached hydrogens (tertiary/aromatic N) is 2. The molecule has 1 amide bonds. The SMILES string of the molecule is CC(C)(C)c1cc(NC(=O)COC(=O)c2ccc(Cl)cc2[N+](=O)[O-])on1. The van der Waals surface area contributed by atoms with E-state index in [1.807, 2.05) is 20.8 Å². The lowest BCUT2D eigenvalue weighted by Gasteiger charge is -2.12. The van der Waals surface area contributed by atoms with Crippen molar-refractivity contribution in [3.8, 4) is 0 Å². The maximum atomic E-state index is 12.0. The molecule has 26 heavy (non-hydrogen) atoms. The first-order chi connectivity index (χ1) is 12.1. The zero-order valence-corrected chi connectivity index (χ0v) is 15.0. The predicted molar refractivity (Wildman–Crippen MR) is 92.2 cm³/mol. The first-order valence-electron chi connectivity index (χ1n) is 7.46. The Morgan fingerprint density at radius 1 is 1.35 bits per heavy atom. The fourth-order valence-electron chi connectivity index (χ4n) is 1.90. The lowest BCUT2D eigenvalue weighted by molar-refractivity contribution is -0.385. The minimum absolute atomic E-state index is 0.103. The van der Waals surface area contributed by atoms with Gasteiger partial charge in [0.1, 0.15) is 5.56 Å². The summed E-state index contributed by atoms with van der Waals surface area (Å²) in [5.41, 5.74) is -0.427. The first-order valence-corrected chi connectivity index (χ1v) is 7.84. The highest BCUT2D eigenvalue weighted by molar-refractivity contribution is 6.31. The highest BCUT2D eigenvalue weighted by Crippen LogP contribution is 2.25. The monoisotopic (exact) mass is 381 g/mol. The van der Waals surface area contributed by atoms with E-state index in [1.165, 1.54) is 6.07 Å². The molecule has 0 bridgehead atoms. The molecule has 9 nitrogen and oxygen atoms in total. The molecular formula is C16H16ClN3O6. The van der Waals surface area contributed by atoms with Crippen LogP contribution in [0.4, 0.5) is 11.6 Å². The fraction of sp³-hybridized carbons (Fsp3) is 0.312. The Labute approximate surface area is 153 Å². The number of halogens is 1. The molecule has 1 aromatic carbocycles. The number of hydrogen-bond donors (Lipinski definition) is 1. The number of benzene rings is 1. The summed E-state index contributed by atoms with van der Waals surface area (Å²) in [5, 5.41) is 17.3. The van der Waals surface area contributed by atoms with E-state index in [2.05, 4.69) is 10.5 Å². The largest absolute Gasteiger partial charge is 0.452 e. The summed E-state index contributed by atoms with van der Waals surface area (Å²) in [6.45, 7) is 5.13. The van der Waals surface area contributed by atoms with Crippen LogP contribution in [-0.2, 0) is 14.9 Å². The number of carbonyl (C=O) groups is 2. The van der Waals surface area contributed by atoms with Crippen LogP contribution in [0.1, 0.15) is 36.8 Å². The van der Waals surface area contributed by atoms with Crippen molar-refractivity contribution in [1.82, 2.24) is 5.16 Å². The Morgan fingerprint density at radius 2 is 2.04 bits per heavy atom. The van der Waals surface area contributed by atoms with Crippen molar-refractivity contribution >= 4 is 35.0 Å². The molecule has 0 atom stereocenters. The Morgan fingerprint density at radius 3 is 2.62 bits per heavy atom. The average molecular weight is 382 g/mol. The standard InChI is InChI=1S/C16H16ClN3O6/c1-16(2,3)12-7-14(26-19-12)18-13(21)8-25-15(22)10-5-4-9(17)6-11(10)20(23)24/h4-7H,8H2,1-3H3,(H,18,21). The Kier molecular flexibility index (Phi) is 5.61. The van der Waals surface area contributed by atoms with Gasteiger partial charge in [0.2, 0.25) is 5.88 Å². The van der Waals surface area contributed by atoms with Crippen LogP contribution in [0.2, 0.25) is 5.02 Å². The molecule has 0 aliphatic rings. The molecule has 1 heterocycles. The van der Waals surface area contributed by atoms with Gasteiger partial charge in [-0.15, -0.1) is 0 Å². The Balaban J connectivity index is 1.98. The molecular weight excluding hydrogens is 366 g/mol. The van der Waals surface area contributed by atoms with Crippen LogP contribution >= 0.6 is 11.6 Å². The summed E-state index contributed by atoms with van der Waals surface area (Å²) in [7, 11) is 0. The van der Waals surface area contributed by atoms with Crippen LogP contribution in [0.5, 0.6) is 0 Å². The van der Waals surface area contributed by atoms with Gasteiger partial charge in [0.05, 0.1) is 10.6 Å². The minimum atomic E-state index is -1.02. The molecule has 0 saturated heterocycles. The van der Waals surface area contributed by atoms with E-state index in [-0.39, 0.29) is 21.9 Å². The number of nitro benzene ring substituents is 1. The molecule has 0 radical (unpaired) electrons. The molecule has 0 unspecified atom stereocenters. The molecule has 0 aliphatic carbocycles. The Hall–Kier alpha value is -2.94. The van der Waals surface area contributed by atoms with Gasteiger partial charge in [0, 0.05) is 22.6 Å². The Bertz CT molecular complexity index is 856. The van der Waals surface area contributed by atoms with Gasteiger partial charge in [-0.25, -0.2) is 4.79 Å². The maximum absolute atomic E-state index is 12.0. The van der Waals surface area contributed by atoms with E-state index in [0.717, 1.165) is 12.1 Å². The van der Waals surface area contributed by atoms with Crippen LogP contribution in [0.15, 0.2) is 28.8 Å². The van der Waals surface area contributed by atoms with Crippen molar-refractivity contribution in [1.29, 1.82) is 0 Å². The number of nitro groups is 1. The summed E-state index contributed by atoms with van der Waals surface area (Å²) in [6.07, 6.45) is 0. The number of anilines is 1. The van der Waals surface area contributed by atoms with Crippen molar-refractivity contribution in [2.24, 2.45) is 0 Å². The van der Waals surface area contributed by atoms with Gasteiger partial charge < -0.3 is 9.26 Å².